The van der Waals surface area contributed by atoms with E-state index in [9.17, 15) is 4.79 Å². The average molecular weight is 269 g/mol. The zero-order valence-corrected chi connectivity index (χ0v) is 11.4. The molecule has 3 heterocycles. The first-order valence-electron chi connectivity index (χ1n) is 7.42. The first kappa shape index (κ1) is 12.0. The van der Waals surface area contributed by atoms with Crippen LogP contribution in [0.2, 0.25) is 0 Å². The number of benzene rings is 1. The number of para-hydroxylation sites is 1. The second-order valence-electron chi connectivity index (χ2n) is 6.03. The zero-order chi connectivity index (χ0) is 13.5. The topological polar surface area (TPSA) is 56.9 Å². The minimum absolute atomic E-state index is 0.0498. The largest absolute Gasteiger partial charge is 0.360 e. The highest BCUT2D eigenvalue weighted by Crippen LogP contribution is 2.27. The number of carbonyl (C=O) groups excluding carboxylic acids is 1. The lowest BCUT2D eigenvalue weighted by Gasteiger charge is -2.29. The SMILES string of the molecule is O=C(NC1CC2CCC(C1)N2)c1c[nH]c2ccccc12. The number of hydrogen-bond donors (Lipinski definition) is 3. The lowest BCUT2D eigenvalue weighted by Crippen LogP contribution is -2.48. The number of nitrogens with one attached hydrogen (secondary N) is 3. The molecular weight excluding hydrogens is 250 g/mol. The van der Waals surface area contributed by atoms with E-state index in [1.807, 2.05) is 30.5 Å². The Labute approximate surface area is 117 Å². The number of hydrogen-bond acceptors (Lipinski definition) is 2. The summed E-state index contributed by atoms with van der Waals surface area (Å²) in [7, 11) is 0. The van der Waals surface area contributed by atoms with E-state index in [1.165, 1.54) is 12.8 Å². The molecule has 2 aliphatic rings. The van der Waals surface area contributed by atoms with Crippen LogP contribution >= 0.6 is 0 Å². The molecule has 4 rings (SSSR count). The molecule has 1 aromatic heterocycles. The van der Waals surface area contributed by atoms with Crippen LogP contribution < -0.4 is 10.6 Å². The first-order valence-corrected chi connectivity index (χ1v) is 7.42. The van der Waals surface area contributed by atoms with Crippen LogP contribution in [0.1, 0.15) is 36.0 Å². The quantitative estimate of drug-likeness (QED) is 0.782. The van der Waals surface area contributed by atoms with Gasteiger partial charge in [-0.05, 0) is 31.7 Å². The van der Waals surface area contributed by atoms with E-state index in [4.69, 9.17) is 0 Å². The Morgan fingerprint density at radius 3 is 2.70 bits per heavy atom. The second kappa shape index (κ2) is 4.63. The standard InChI is InChI=1S/C16H19N3O/c20-16(14-9-17-15-4-2-1-3-13(14)15)19-12-7-10-5-6-11(8-12)18-10/h1-4,9-12,17-18H,5-8H2,(H,19,20). The minimum Gasteiger partial charge on any atom is -0.360 e. The van der Waals surface area contributed by atoms with Gasteiger partial charge in [0.1, 0.15) is 0 Å². The number of amides is 1. The van der Waals surface area contributed by atoms with Crippen LogP contribution in [0.25, 0.3) is 10.9 Å². The molecule has 2 bridgehead atoms. The zero-order valence-electron chi connectivity index (χ0n) is 11.4. The fraction of sp³-hybridized carbons (Fsp3) is 0.438. The highest BCUT2D eigenvalue weighted by Gasteiger charge is 2.34. The highest BCUT2D eigenvalue weighted by molar-refractivity contribution is 6.06. The summed E-state index contributed by atoms with van der Waals surface area (Å²) in [5, 5.41) is 7.82. The van der Waals surface area contributed by atoms with Gasteiger partial charge in [0.05, 0.1) is 5.56 Å². The van der Waals surface area contributed by atoms with Gasteiger partial charge in [-0.3, -0.25) is 4.79 Å². The van der Waals surface area contributed by atoms with Crippen molar-refractivity contribution in [2.45, 2.75) is 43.8 Å². The van der Waals surface area contributed by atoms with Gasteiger partial charge in [0.2, 0.25) is 0 Å². The molecule has 2 atom stereocenters. The average Bonchev–Trinajstić information content (AvgIpc) is 3.02. The van der Waals surface area contributed by atoms with Crippen LogP contribution in [-0.4, -0.2) is 29.0 Å². The van der Waals surface area contributed by atoms with E-state index >= 15 is 0 Å². The van der Waals surface area contributed by atoms with Gasteiger partial charge in [0, 0.05) is 35.2 Å². The summed E-state index contributed by atoms with van der Waals surface area (Å²) >= 11 is 0. The lowest BCUT2D eigenvalue weighted by atomic mass is 9.99. The summed E-state index contributed by atoms with van der Waals surface area (Å²) in [6, 6.07) is 9.45. The summed E-state index contributed by atoms with van der Waals surface area (Å²) in [5.41, 5.74) is 1.77. The van der Waals surface area contributed by atoms with Gasteiger partial charge in [-0.1, -0.05) is 18.2 Å². The highest BCUT2D eigenvalue weighted by atomic mass is 16.1. The summed E-state index contributed by atoms with van der Waals surface area (Å²) in [5.74, 6) is 0.0498. The number of carbonyl (C=O) groups is 1. The van der Waals surface area contributed by atoms with Crippen molar-refractivity contribution in [3.63, 3.8) is 0 Å². The summed E-state index contributed by atoms with van der Waals surface area (Å²) < 4.78 is 0. The molecule has 3 N–H and O–H groups in total. The van der Waals surface area contributed by atoms with E-state index in [1.54, 1.807) is 0 Å². The smallest absolute Gasteiger partial charge is 0.253 e. The van der Waals surface area contributed by atoms with E-state index < -0.39 is 0 Å². The third-order valence-electron chi connectivity index (χ3n) is 4.64. The molecule has 1 amide bonds. The van der Waals surface area contributed by atoms with E-state index in [-0.39, 0.29) is 5.91 Å². The van der Waals surface area contributed by atoms with Crippen molar-refractivity contribution in [3.8, 4) is 0 Å². The van der Waals surface area contributed by atoms with Crippen LogP contribution in [0.3, 0.4) is 0 Å². The van der Waals surface area contributed by atoms with E-state index in [2.05, 4.69) is 15.6 Å². The molecule has 2 fully saturated rings. The molecule has 4 heteroatoms. The molecule has 0 spiro atoms. The molecule has 2 saturated heterocycles. The third kappa shape index (κ3) is 2.00. The predicted molar refractivity (Wildman–Crippen MR) is 78.7 cm³/mol. The molecule has 0 saturated carbocycles. The normalized spacial score (nSPS) is 28.7. The Balaban J connectivity index is 1.53. The number of aromatic amines is 1. The molecule has 0 aliphatic carbocycles. The Morgan fingerprint density at radius 1 is 1.15 bits per heavy atom. The van der Waals surface area contributed by atoms with Crippen molar-refractivity contribution in [3.05, 3.63) is 36.0 Å². The summed E-state index contributed by atoms with van der Waals surface area (Å²) in [6.07, 6.45) is 6.44. The van der Waals surface area contributed by atoms with Gasteiger partial charge in [-0.2, -0.15) is 0 Å². The van der Waals surface area contributed by atoms with E-state index in [0.29, 0.717) is 18.1 Å². The van der Waals surface area contributed by atoms with Crippen LogP contribution in [0.5, 0.6) is 0 Å². The summed E-state index contributed by atoms with van der Waals surface area (Å²) in [4.78, 5) is 15.6. The van der Waals surface area contributed by atoms with Gasteiger partial charge >= 0.3 is 0 Å². The van der Waals surface area contributed by atoms with Gasteiger partial charge in [0.25, 0.3) is 5.91 Å². The molecule has 0 radical (unpaired) electrons. The first-order chi connectivity index (χ1) is 9.79. The molecule has 4 nitrogen and oxygen atoms in total. The molecule has 104 valence electrons. The second-order valence-corrected chi connectivity index (χ2v) is 6.03. The van der Waals surface area contributed by atoms with Crippen molar-refractivity contribution in [2.75, 3.05) is 0 Å². The molecule has 2 unspecified atom stereocenters. The van der Waals surface area contributed by atoms with Crippen molar-refractivity contribution in [2.24, 2.45) is 0 Å². The van der Waals surface area contributed by atoms with Crippen LogP contribution in [0, 0.1) is 0 Å². The fourth-order valence-electron chi connectivity index (χ4n) is 3.70. The van der Waals surface area contributed by atoms with Gasteiger partial charge in [0.15, 0.2) is 0 Å². The Bertz CT molecular complexity index is 636. The summed E-state index contributed by atoms with van der Waals surface area (Å²) in [6.45, 7) is 0. The Hall–Kier alpha value is -1.81. The maximum atomic E-state index is 12.5. The molecule has 20 heavy (non-hydrogen) atoms. The van der Waals surface area contributed by atoms with Crippen LogP contribution in [0.4, 0.5) is 0 Å². The minimum atomic E-state index is 0.0498. The van der Waals surface area contributed by atoms with Crippen molar-refractivity contribution in [1.29, 1.82) is 0 Å². The van der Waals surface area contributed by atoms with Crippen molar-refractivity contribution >= 4 is 16.8 Å². The van der Waals surface area contributed by atoms with Crippen molar-refractivity contribution in [1.82, 2.24) is 15.6 Å². The van der Waals surface area contributed by atoms with Crippen LogP contribution in [0.15, 0.2) is 30.5 Å². The molecule has 1 aromatic carbocycles. The van der Waals surface area contributed by atoms with Crippen LogP contribution in [-0.2, 0) is 0 Å². The van der Waals surface area contributed by atoms with Crippen molar-refractivity contribution < 1.29 is 4.79 Å². The third-order valence-corrected chi connectivity index (χ3v) is 4.64. The number of H-pyrrole nitrogens is 1. The van der Waals surface area contributed by atoms with E-state index in [0.717, 1.165) is 29.3 Å². The maximum Gasteiger partial charge on any atom is 0.253 e. The molecule has 2 aliphatic heterocycles. The monoisotopic (exact) mass is 269 g/mol. The number of fused-ring (bicyclic) bond motifs is 3. The van der Waals surface area contributed by atoms with Gasteiger partial charge < -0.3 is 15.6 Å². The predicted octanol–water partition coefficient (Wildman–Crippen LogP) is 2.18. The molecule has 2 aromatic rings. The number of rotatable bonds is 2. The number of aromatic nitrogens is 1. The lowest BCUT2D eigenvalue weighted by molar-refractivity contribution is 0.0925. The Kier molecular flexibility index (Phi) is 2.77. The number of piperidine rings is 1. The fourth-order valence-corrected chi connectivity index (χ4v) is 3.70. The van der Waals surface area contributed by atoms with Gasteiger partial charge in [-0.15, -0.1) is 0 Å². The molecular formula is C16H19N3O. The maximum absolute atomic E-state index is 12.5. The Morgan fingerprint density at radius 2 is 1.90 bits per heavy atom. The van der Waals surface area contributed by atoms with Gasteiger partial charge in [-0.25, -0.2) is 0 Å².